The lowest BCUT2D eigenvalue weighted by Gasteiger charge is -2.09. The molecule has 0 spiro atoms. The molecule has 0 saturated carbocycles. The van der Waals surface area contributed by atoms with Crippen LogP contribution in [0.15, 0.2) is 42.5 Å². The van der Waals surface area contributed by atoms with Crippen LogP contribution < -0.4 is 15.2 Å². The molecule has 0 aliphatic rings. The van der Waals surface area contributed by atoms with E-state index < -0.39 is 12.6 Å². The first kappa shape index (κ1) is 16.1. The molecule has 22 heavy (non-hydrogen) atoms. The predicted octanol–water partition coefficient (Wildman–Crippen LogP) is 2.37. The van der Waals surface area contributed by atoms with Crippen molar-refractivity contribution in [2.45, 2.75) is 0 Å². The fourth-order valence-corrected chi connectivity index (χ4v) is 1.92. The molecule has 0 aromatic heterocycles. The average Bonchev–Trinajstić information content (AvgIpc) is 2.49. The van der Waals surface area contributed by atoms with Gasteiger partial charge >= 0.3 is 0 Å². The highest BCUT2D eigenvalue weighted by Gasteiger charge is 2.08. The van der Waals surface area contributed by atoms with E-state index in [-0.39, 0.29) is 5.91 Å². The van der Waals surface area contributed by atoms with Crippen molar-refractivity contribution in [3.63, 3.8) is 0 Å². The average molecular weight is 339 g/mol. The van der Waals surface area contributed by atoms with Crippen molar-refractivity contribution in [1.82, 2.24) is 0 Å². The van der Waals surface area contributed by atoms with E-state index in [0.717, 1.165) is 0 Å². The maximum Gasteiger partial charge on any atom is 0.255 e. The highest BCUT2D eigenvalue weighted by Crippen LogP contribution is 2.23. The number of hydrogen-bond donors (Lipinski definition) is 1. The highest BCUT2D eigenvalue weighted by molar-refractivity contribution is 6.42. The number of amides is 1. The number of nitrogens with one attached hydrogen (secondary N) is 1. The topological polar surface area (TPSA) is 78.5 Å². The minimum atomic E-state index is -1.31. The highest BCUT2D eigenvalue weighted by atomic mass is 35.5. The fourth-order valence-electron chi connectivity index (χ4n) is 1.62. The molecule has 1 N–H and O–H groups in total. The largest absolute Gasteiger partial charge is 0.546 e. The molecule has 0 aliphatic carbocycles. The van der Waals surface area contributed by atoms with Gasteiger partial charge in [0, 0.05) is 11.3 Å². The second-order valence-electron chi connectivity index (χ2n) is 4.27. The van der Waals surface area contributed by atoms with E-state index in [9.17, 15) is 14.7 Å². The summed E-state index contributed by atoms with van der Waals surface area (Å²) in [5.41, 5.74) is 0.892. The monoisotopic (exact) mass is 338 g/mol. The van der Waals surface area contributed by atoms with Gasteiger partial charge in [-0.05, 0) is 42.5 Å². The van der Waals surface area contributed by atoms with Crippen molar-refractivity contribution in [2.75, 3.05) is 11.9 Å². The van der Waals surface area contributed by atoms with E-state index in [2.05, 4.69) is 5.32 Å². The van der Waals surface area contributed by atoms with E-state index in [0.29, 0.717) is 27.0 Å². The Balaban J connectivity index is 2.02. The normalized spacial score (nSPS) is 10.1. The second kappa shape index (κ2) is 7.15. The van der Waals surface area contributed by atoms with Crippen molar-refractivity contribution >= 4 is 40.8 Å². The zero-order valence-corrected chi connectivity index (χ0v) is 12.6. The molecule has 7 heteroatoms. The Hall–Kier alpha value is -2.24. The van der Waals surface area contributed by atoms with Gasteiger partial charge in [-0.25, -0.2) is 0 Å². The summed E-state index contributed by atoms with van der Waals surface area (Å²) < 4.78 is 4.93. The van der Waals surface area contributed by atoms with E-state index in [1.807, 2.05) is 0 Å². The van der Waals surface area contributed by atoms with Gasteiger partial charge in [0.05, 0.1) is 16.0 Å². The third-order valence-corrected chi connectivity index (χ3v) is 3.39. The number of carboxylic acids is 1. The van der Waals surface area contributed by atoms with Gasteiger partial charge in [0.2, 0.25) is 0 Å². The summed E-state index contributed by atoms with van der Waals surface area (Å²) in [6.45, 7) is -0.533. The smallest absolute Gasteiger partial charge is 0.255 e. The number of halogens is 2. The molecule has 0 radical (unpaired) electrons. The molecule has 0 bridgehead atoms. The number of aliphatic carboxylic acids is 1. The lowest BCUT2D eigenvalue weighted by Crippen LogP contribution is -2.28. The first-order chi connectivity index (χ1) is 10.5. The molecule has 0 saturated heterocycles. The summed E-state index contributed by atoms with van der Waals surface area (Å²) in [6.07, 6.45) is 0. The SMILES string of the molecule is O=C([O-])COc1ccc(NC(=O)c2ccc(Cl)c(Cl)c2)cc1. The molecule has 5 nitrogen and oxygen atoms in total. The van der Waals surface area contributed by atoms with E-state index in [1.165, 1.54) is 24.3 Å². The van der Waals surface area contributed by atoms with Gasteiger partial charge in [-0.2, -0.15) is 0 Å². The summed E-state index contributed by atoms with van der Waals surface area (Å²) >= 11 is 11.7. The van der Waals surface area contributed by atoms with Crippen LogP contribution in [0.2, 0.25) is 10.0 Å². The Morgan fingerprint density at radius 2 is 1.73 bits per heavy atom. The summed E-state index contributed by atoms with van der Waals surface area (Å²) in [5.74, 6) is -1.30. The maximum absolute atomic E-state index is 12.0. The third kappa shape index (κ3) is 4.38. The van der Waals surface area contributed by atoms with Crippen LogP contribution >= 0.6 is 23.2 Å². The van der Waals surface area contributed by atoms with Crippen molar-refractivity contribution in [1.29, 1.82) is 0 Å². The van der Waals surface area contributed by atoms with Gasteiger partial charge in [0.1, 0.15) is 12.4 Å². The quantitative estimate of drug-likeness (QED) is 0.907. The first-order valence-electron chi connectivity index (χ1n) is 6.15. The van der Waals surface area contributed by atoms with Gasteiger partial charge in [0.25, 0.3) is 5.91 Å². The van der Waals surface area contributed by atoms with Gasteiger partial charge in [-0.1, -0.05) is 23.2 Å². The number of carboxylic acid groups (broad SMARTS) is 1. The lowest BCUT2D eigenvalue weighted by molar-refractivity contribution is -0.307. The lowest BCUT2D eigenvalue weighted by atomic mass is 10.2. The fraction of sp³-hybridized carbons (Fsp3) is 0.0667. The summed E-state index contributed by atoms with van der Waals surface area (Å²) in [7, 11) is 0. The van der Waals surface area contributed by atoms with Crippen LogP contribution in [0.5, 0.6) is 5.75 Å². The van der Waals surface area contributed by atoms with Crippen molar-refractivity contribution in [2.24, 2.45) is 0 Å². The van der Waals surface area contributed by atoms with Crippen molar-refractivity contribution in [3.05, 3.63) is 58.1 Å². The Labute approximate surface area is 136 Å². The Morgan fingerprint density at radius 3 is 2.32 bits per heavy atom. The number of carbonyl (C=O) groups excluding carboxylic acids is 2. The molecule has 114 valence electrons. The number of ether oxygens (including phenoxy) is 1. The zero-order chi connectivity index (χ0) is 16.1. The molecule has 1 amide bonds. The summed E-state index contributed by atoms with van der Waals surface area (Å²) in [5, 5.41) is 13.6. The second-order valence-corrected chi connectivity index (χ2v) is 5.08. The molecule has 0 heterocycles. The van der Waals surface area contributed by atoms with Gasteiger partial charge in [-0.15, -0.1) is 0 Å². The van der Waals surface area contributed by atoms with E-state index >= 15 is 0 Å². The predicted molar refractivity (Wildman–Crippen MR) is 81.4 cm³/mol. The van der Waals surface area contributed by atoms with Crippen LogP contribution in [0.3, 0.4) is 0 Å². The number of carbonyl (C=O) groups is 2. The molecular formula is C15H10Cl2NO4-. The number of anilines is 1. The minimum Gasteiger partial charge on any atom is -0.546 e. The maximum atomic E-state index is 12.0. The summed E-state index contributed by atoms with van der Waals surface area (Å²) in [4.78, 5) is 22.3. The molecule has 2 aromatic carbocycles. The Kier molecular flexibility index (Phi) is 5.25. The van der Waals surface area contributed by atoms with Gasteiger partial charge < -0.3 is 20.0 Å². The molecule has 0 atom stereocenters. The number of rotatable bonds is 5. The molecule has 2 rings (SSSR count). The molecular weight excluding hydrogens is 329 g/mol. The van der Waals surface area contributed by atoms with Crippen LogP contribution in [-0.4, -0.2) is 18.5 Å². The zero-order valence-electron chi connectivity index (χ0n) is 11.1. The molecule has 0 aliphatic heterocycles. The molecule has 2 aromatic rings. The van der Waals surface area contributed by atoms with E-state index in [4.69, 9.17) is 27.9 Å². The van der Waals surface area contributed by atoms with Gasteiger partial charge in [-0.3, -0.25) is 4.79 Å². The van der Waals surface area contributed by atoms with Crippen LogP contribution in [0.4, 0.5) is 5.69 Å². The summed E-state index contributed by atoms with van der Waals surface area (Å²) in [6, 6.07) is 10.8. The standard InChI is InChI=1S/C15H11Cl2NO4/c16-12-6-1-9(7-13(12)17)15(21)18-10-2-4-11(5-3-10)22-8-14(19)20/h1-7H,8H2,(H,18,21)(H,19,20)/p-1. The number of hydrogen-bond acceptors (Lipinski definition) is 4. The molecule has 0 unspecified atom stereocenters. The number of benzene rings is 2. The van der Waals surface area contributed by atoms with Crippen molar-refractivity contribution < 1.29 is 19.4 Å². The van der Waals surface area contributed by atoms with E-state index in [1.54, 1.807) is 18.2 Å². The van der Waals surface area contributed by atoms with Crippen LogP contribution in [0.25, 0.3) is 0 Å². The minimum absolute atomic E-state index is 0.292. The van der Waals surface area contributed by atoms with Gasteiger partial charge in [0.15, 0.2) is 0 Å². The Morgan fingerprint density at radius 1 is 1.05 bits per heavy atom. The van der Waals surface area contributed by atoms with Crippen LogP contribution in [-0.2, 0) is 4.79 Å². The van der Waals surface area contributed by atoms with Crippen molar-refractivity contribution in [3.8, 4) is 5.75 Å². The third-order valence-electron chi connectivity index (χ3n) is 2.65. The molecule has 0 fully saturated rings. The van der Waals surface area contributed by atoms with Crippen LogP contribution in [0.1, 0.15) is 10.4 Å². The van der Waals surface area contributed by atoms with Crippen LogP contribution in [0, 0.1) is 0 Å². The Bertz CT molecular complexity index is 701. The first-order valence-corrected chi connectivity index (χ1v) is 6.90.